The van der Waals surface area contributed by atoms with Crippen LogP contribution in [0.5, 0.6) is 0 Å². The Morgan fingerprint density at radius 1 is 1.12 bits per heavy atom. The first-order valence-electron chi connectivity index (χ1n) is 7.83. The van der Waals surface area contributed by atoms with E-state index in [2.05, 4.69) is 15.6 Å². The van der Waals surface area contributed by atoms with Gasteiger partial charge in [-0.1, -0.05) is 36.4 Å². The van der Waals surface area contributed by atoms with Crippen molar-refractivity contribution in [3.05, 3.63) is 78.2 Å². The van der Waals surface area contributed by atoms with E-state index >= 15 is 0 Å². The zero-order chi connectivity index (χ0) is 18.4. The molecule has 3 aromatic rings. The van der Waals surface area contributed by atoms with Crippen molar-refractivity contribution >= 4 is 18.1 Å². The molecule has 128 valence electrons. The van der Waals surface area contributed by atoms with Crippen LogP contribution < -0.4 is 10.6 Å². The molecule has 0 saturated carbocycles. The third-order valence-electron chi connectivity index (χ3n) is 3.74. The average molecular weight is 345 g/mol. The first-order valence-corrected chi connectivity index (χ1v) is 7.83. The minimum Gasteiger partial charge on any atom is -0.331 e. The molecule has 2 aromatic carbocycles. The molecule has 0 radical (unpaired) electrons. The first kappa shape index (κ1) is 16.9. The molecule has 7 heteroatoms. The van der Waals surface area contributed by atoms with E-state index < -0.39 is 11.9 Å². The quantitative estimate of drug-likeness (QED) is 0.670. The standard InChI is InChI=1S/C19H15N5O2/c20-11-16(23-19(26)14-7-3-1-4-8-14)17-18(22-13-25)24(12-21-17)15-9-5-2-6-10-15/h1-10,12-13,16H,(H,22,25)(H,23,26). The topological polar surface area (TPSA) is 99.8 Å². The van der Waals surface area contributed by atoms with E-state index in [4.69, 9.17) is 0 Å². The van der Waals surface area contributed by atoms with Crippen molar-refractivity contribution in [2.24, 2.45) is 0 Å². The molecule has 2 amide bonds. The van der Waals surface area contributed by atoms with Crippen LogP contribution in [0.15, 0.2) is 67.0 Å². The monoisotopic (exact) mass is 345 g/mol. The molecule has 0 bridgehead atoms. The Morgan fingerprint density at radius 2 is 1.77 bits per heavy atom. The van der Waals surface area contributed by atoms with Crippen LogP contribution in [0.3, 0.4) is 0 Å². The Morgan fingerprint density at radius 3 is 2.38 bits per heavy atom. The summed E-state index contributed by atoms with van der Waals surface area (Å²) in [6.45, 7) is 0. The van der Waals surface area contributed by atoms with Gasteiger partial charge < -0.3 is 10.6 Å². The van der Waals surface area contributed by atoms with Gasteiger partial charge in [0.25, 0.3) is 5.91 Å². The number of hydrogen-bond donors (Lipinski definition) is 2. The molecule has 1 heterocycles. The van der Waals surface area contributed by atoms with Crippen molar-refractivity contribution in [3.63, 3.8) is 0 Å². The normalized spacial score (nSPS) is 11.2. The lowest BCUT2D eigenvalue weighted by Crippen LogP contribution is -2.28. The predicted octanol–water partition coefficient (Wildman–Crippen LogP) is 2.44. The summed E-state index contributed by atoms with van der Waals surface area (Å²) in [4.78, 5) is 27.6. The number of carbonyl (C=O) groups is 2. The number of aromatic nitrogens is 2. The van der Waals surface area contributed by atoms with E-state index in [1.165, 1.54) is 6.33 Å². The maximum absolute atomic E-state index is 12.3. The highest BCUT2D eigenvalue weighted by atomic mass is 16.1. The van der Waals surface area contributed by atoms with Crippen LogP contribution in [-0.2, 0) is 4.79 Å². The smallest absolute Gasteiger partial charge is 0.252 e. The van der Waals surface area contributed by atoms with Crippen molar-refractivity contribution in [2.75, 3.05) is 5.32 Å². The summed E-state index contributed by atoms with van der Waals surface area (Å²) in [5, 5.41) is 14.7. The van der Waals surface area contributed by atoms with E-state index in [1.54, 1.807) is 34.9 Å². The van der Waals surface area contributed by atoms with Gasteiger partial charge in [-0.3, -0.25) is 14.2 Å². The number of nitrogens with zero attached hydrogens (tertiary/aromatic N) is 3. The summed E-state index contributed by atoms with van der Waals surface area (Å²) in [5.74, 6) is -0.0745. The lowest BCUT2D eigenvalue weighted by atomic mass is 10.1. The number of para-hydroxylation sites is 1. The maximum Gasteiger partial charge on any atom is 0.252 e. The number of anilines is 1. The van der Waals surface area contributed by atoms with Crippen LogP contribution in [0, 0.1) is 11.3 Å². The third kappa shape index (κ3) is 3.44. The van der Waals surface area contributed by atoms with E-state index in [-0.39, 0.29) is 5.69 Å². The molecule has 2 N–H and O–H groups in total. The summed E-state index contributed by atoms with van der Waals surface area (Å²) in [6.07, 6.45) is 2.00. The average Bonchev–Trinajstić information content (AvgIpc) is 3.11. The molecule has 0 spiro atoms. The van der Waals surface area contributed by atoms with Gasteiger partial charge in [0.05, 0.1) is 6.07 Å². The number of benzene rings is 2. The van der Waals surface area contributed by atoms with Crippen molar-refractivity contribution in [2.45, 2.75) is 6.04 Å². The zero-order valence-electron chi connectivity index (χ0n) is 13.7. The zero-order valence-corrected chi connectivity index (χ0v) is 13.7. The van der Waals surface area contributed by atoms with Crippen LogP contribution in [0.1, 0.15) is 22.1 Å². The third-order valence-corrected chi connectivity index (χ3v) is 3.74. The summed E-state index contributed by atoms with van der Waals surface area (Å²) < 4.78 is 1.64. The van der Waals surface area contributed by atoms with Crippen LogP contribution in [0.2, 0.25) is 0 Å². The molecule has 0 saturated heterocycles. The Balaban J connectivity index is 1.94. The molecule has 0 aliphatic heterocycles. The lowest BCUT2D eigenvalue weighted by Gasteiger charge is -2.13. The number of nitriles is 1. The first-order chi connectivity index (χ1) is 12.7. The molecule has 26 heavy (non-hydrogen) atoms. The summed E-state index contributed by atoms with van der Waals surface area (Å²) in [6, 6.07) is 18.8. The number of hydrogen-bond acceptors (Lipinski definition) is 4. The van der Waals surface area contributed by atoms with Crippen molar-refractivity contribution < 1.29 is 9.59 Å². The van der Waals surface area contributed by atoms with Crippen molar-refractivity contribution in [1.29, 1.82) is 5.26 Å². The second-order valence-corrected chi connectivity index (χ2v) is 5.35. The van der Waals surface area contributed by atoms with Gasteiger partial charge in [-0.25, -0.2) is 4.98 Å². The van der Waals surface area contributed by atoms with Gasteiger partial charge in [-0.05, 0) is 24.3 Å². The van der Waals surface area contributed by atoms with Gasteiger partial charge in [0.1, 0.15) is 17.8 Å². The highest BCUT2D eigenvalue weighted by Gasteiger charge is 2.23. The Labute approximate surface area is 149 Å². The fourth-order valence-corrected chi connectivity index (χ4v) is 2.52. The lowest BCUT2D eigenvalue weighted by molar-refractivity contribution is -0.105. The molecule has 3 rings (SSSR count). The van der Waals surface area contributed by atoms with Crippen molar-refractivity contribution in [3.8, 4) is 11.8 Å². The fourth-order valence-electron chi connectivity index (χ4n) is 2.52. The van der Waals surface area contributed by atoms with Gasteiger partial charge in [0.15, 0.2) is 6.04 Å². The second-order valence-electron chi connectivity index (χ2n) is 5.35. The Bertz CT molecular complexity index is 945. The molecule has 0 aliphatic carbocycles. The number of imidazole rings is 1. The molecular weight excluding hydrogens is 330 g/mol. The Hall–Kier alpha value is -3.92. The largest absolute Gasteiger partial charge is 0.331 e. The SMILES string of the molecule is N#CC(NC(=O)c1ccccc1)c1ncn(-c2ccccc2)c1NC=O. The minimum atomic E-state index is -1.02. The number of amides is 2. The highest BCUT2D eigenvalue weighted by molar-refractivity contribution is 5.94. The number of carbonyl (C=O) groups excluding carboxylic acids is 2. The van der Waals surface area contributed by atoms with E-state index in [0.717, 1.165) is 5.69 Å². The Kier molecular flexibility index (Phi) is 5.05. The van der Waals surface area contributed by atoms with E-state index in [1.807, 2.05) is 36.4 Å². The molecular formula is C19H15N5O2. The number of rotatable bonds is 6. The maximum atomic E-state index is 12.3. The van der Waals surface area contributed by atoms with Crippen LogP contribution in [0.25, 0.3) is 5.69 Å². The van der Waals surface area contributed by atoms with Crippen LogP contribution in [-0.4, -0.2) is 21.9 Å². The predicted molar refractivity (Wildman–Crippen MR) is 95.5 cm³/mol. The van der Waals surface area contributed by atoms with E-state index in [9.17, 15) is 14.9 Å². The summed E-state index contributed by atoms with van der Waals surface area (Å²) >= 11 is 0. The van der Waals surface area contributed by atoms with Crippen molar-refractivity contribution in [1.82, 2.24) is 14.9 Å². The highest BCUT2D eigenvalue weighted by Crippen LogP contribution is 2.25. The second kappa shape index (κ2) is 7.77. The summed E-state index contributed by atoms with van der Waals surface area (Å²) in [5.41, 5.74) is 1.45. The van der Waals surface area contributed by atoms with Crippen LogP contribution >= 0.6 is 0 Å². The molecule has 1 atom stereocenters. The molecule has 0 aliphatic rings. The molecule has 7 nitrogen and oxygen atoms in total. The van der Waals surface area contributed by atoms with Gasteiger partial charge in [0, 0.05) is 11.3 Å². The van der Waals surface area contributed by atoms with Crippen LogP contribution in [0.4, 0.5) is 5.82 Å². The van der Waals surface area contributed by atoms with Gasteiger partial charge in [0.2, 0.25) is 6.41 Å². The molecule has 1 unspecified atom stereocenters. The van der Waals surface area contributed by atoms with Gasteiger partial charge in [-0.15, -0.1) is 0 Å². The molecule has 1 aromatic heterocycles. The van der Waals surface area contributed by atoms with E-state index in [0.29, 0.717) is 17.8 Å². The fraction of sp³-hybridized carbons (Fsp3) is 0.0526. The summed E-state index contributed by atoms with van der Waals surface area (Å²) in [7, 11) is 0. The molecule has 0 fully saturated rings. The minimum absolute atomic E-state index is 0.257. The van der Waals surface area contributed by atoms with Gasteiger partial charge >= 0.3 is 0 Å². The number of nitrogens with one attached hydrogen (secondary N) is 2. The van der Waals surface area contributed by atoms with Gasteiger partial charge in [-0.2, -0.15) is 5.26 Å².